The molecule has 12 heavy (non-hydrogen) atoms. The van der Waals surface area contributed by atoms with Crippen LogP contribution in [0.15, 0.2) is 12.7 Å². The quantitative estimate of drug-likeness (QED) is 0.586. The molecule has 0 amide bonds. The lowest BCUT2D eigenvalue weighted by Crippen LogP contribution is -2.37. The Kier molecular flexibility index (Phi) is 6.90. The minimum absolute atomic E-state index is 0.435. The first kappa shape index (κ1) is 11.5. The van der Waals surface area contributed by atoms with Gasteiger partial charge in [0.25, 0.3) is 0 Å². The van der Waals surface area contributed by atoms with E-state index in [4.69, 9.17) is 5.11 Å². The fourth-order valence-corrected chi connectivity index (χ4v) is 1.25. The van der Waals surface area contributed by atoms with E-state index in [1.54, 1.807) is 17.8 Å². The van der Waals surface area contributed by atoms with Crippen LogP contribution in [0.2, 0.25) is 0 Å². The smallest absolute Gasteiger partial charge is 0.320 e. The summed E-state index contributed by atoms with van der Waals surface area (Å²) in [6, 6.07) is -0.435. The molecule has 0 radical (unpaired) electrons. The number of thioether (sulfide) groups is 1. The molecular formula is C8H15NO2S. The van der Waals surface area contributed by atoms with E-state index in [0.717, 1.165) is 5.75 Å². The highest BCUT2D eigenvalue weighted by atomic mass is 32.2. The molecule has 0 spiro atoms. The summed E-state index contributed by atoms with van der Waals surface area (Å²) in [6.07, 6.45) is 4.28. The molecule has 0 aliphatic heterocycles. The van der Waals surface area contributed by atoms with Gasteiger partial charge in [0.15, 0.2) is 0 Å². The van der Waals surface area contributed by atoms with Gasteiger partial charge in [-0.15, -0.1) is 6.58 Å². The minimum atomic E-state index is -0.786. The molecule has 0 aliphatic carbocycles. The molecule has 0 saturated carbocycles. The fourth-order valence-electron chi connectivity index (χ4n) is 0.774. The summed E-state index contributed by atoms with van der Waals surface area (Å²) in [4.78, 5) is 10.6. The molecule has 0 bridgehead atoms. The number of carbonyl (C=O) groups is 1. The Bertz CT molecular complexity index is 150. The summed E-state index contributed by atoms with van der Waals surface area (Å²) in [5.74, 6) is 0.0760. The normalized spacial score (nSPS) is 12.4. The predicted octanol–water partition coefficient (Wildman–Crippen LogP) is 0.968. The number of carboxylic acid groups (broad SMARTS) is 1. The van der Waals surface area contributed by atoms with E-state index >= 15 is 0 Å². The van der Waals surface area contributed by atoms with E-state index in [1.807, 2.05) is 6.26 Å². The molecule has 0 heterocycles. The van der Waals surface area contributed by atoms with Gasteiger partial charge >= 0.3 is 5.97 Å². The molecule has 0 fully saturated rings. The molecule has 3 nitrogen and oxygen atoms in total. The summed E-state index contributed by atoms with van der Waals surface area (Å²) in [7, 11) is 0. The SMILES string of the molecule is C=CCNC(CCSC)C(=O)O. The highest BCUT2D eigenvalue weighted by Crippen LogP contribution is 2.00. The first-order valence-electron chi connectivity index (χ1n) is 3.78. The van der Waals surface area contributed by atoms with Gasteiger partial charge in [-0.25, -0.2) is 0 Å². The lowest BCUT2D eigenvalue weighted by molar-refractivity contribution is -0.139. The van der Waals surface area contributed by atoms with Crippen molar-refractivity contribution in [3.05, 3.63) is 12.7 Å². The van der Waals surface area contributed by atoms with E-state index in [2.05, 4.69) is 11.9 Å². The number of carboxylic acids is 1. The molecule has 4 heteroatoms. The largest absolute Gasteiger partial charge is 0.480 e. The molecule has 2 N–H and O–H groups in total. The highest BCUT2D eigenvalue weighted by Gasteiger charge is 2.14. The molecule has 0 rings (SSSR count). The van der Waals surface area contributed by atoms with E-state index in [-0.39, 0.29) is 0 Å². The third-order valence-corrected chi connectivity index (χ3v) is 2.06. The molecule has 1 unspecified atom stereocenters. The van der Waals surface area contributed by atoms with Crippen LogP contribution < -0.4 is 5.32 Å². The van der Waals surface area contributed by atoms with Crippen LogP contribution in [0.25, 0.3) is 0 Å². The van der Waals surface area contributed by atoms with Crippen molar-refractivity contribution in [2.45, 2.75) is 12.5 Å². The first-order valence-corrected chi connectivity index (χ1v) is 5.17. The van der Waals surface area contributed by atoms with E-state index in [1.165, 1.54) is 0 Å². The third-order valence-electron chi connectivity index (χ3n) is 1.42. The molecular weight excluding hydrogens is 174 g/mol. The fraction of sp³-hybridized carbons (Fsp3) is 0.625. The molecule has 0 aromatic carbocycles. The third kappa shape index (κ3) is 5.21. The second-order valence-electron chi connectivity index (χ2n) is 2.37. The maximum absolute atomic E-state index is 10.6. The lowest BCUT2D eigenvalue weighted by Gasteiger charge is -2.11. The van der Waals surface area contributed by atoms with Gasteiger partial charge in [0.1, 0.15) is 6.04 Å². The van der Waals surface area contributed by atoms with Gasteiger partial charge < -0.3 is 10.4 Å². The van der Waals surface area contributed by atoms with E-state index in [0.29, 0.717) is 13.0 Å². The van der Waals surface area contributed by atoms with Crippen molar-refractivity contribution in [2.75, 3.05) is 18.6 Å². The van der Waals surface area contributed by atoms with Crippen molar-refractivity contribution in [2.24, 2.45) is 0 Å². The maximum Gasteiger partial charge on any atom is 0.320 e. The summed E-state index contributed by atoms with van der Waals surface area (Å²) >= 11 is 1.65. The van der Waals surface area contributed by atoms with Gasteiger partial charge in [-0.2, -0.15) is 11.8 Å². The monoisotopic (exact) mass is 189 g/mol. The van der Waals surface area contributed by atoms with Gasteiger partial charge in [-0.1, -0.05) is 6.08 Å². The van der Waals surface area contributed by atoms with Crippen LogP contribution in [0, 0.1) is 0 Å². The number of nitrogens with one attached hydrogen (secondary N) is 1. The molecule has 0 aromatic heterocycles. The second-order valence-corrected chi connectivity index (χ2v) is 3.35. The van der Waals surface area contributed by atoms with Crippen molar-refractivity contribution in [1.82, 2.24) is 5.32 Å². The average Bonchev–Trinajstić information content (AvgIpc) is 2.04. The van der Waals surface area contributed by atoms with Crippen LogP contribution in [-0.4, -0.2) is 35.7 Å². The topological polar surface area (TPSA) is 49.3 Å². The van der Waals surface area contributed by atoms with Crippen LogP contribution in [-0.2, 0) is 4.79 Å². The highest BCUT2D eigenvalue weighted by molar-refractivity contribution is 7.98. The Morgan fingerprint density at radius 3 is 2.92 bits per heavy atom. The van der Waals surface area contributed by atoms with Gasteiger partial charge in [0.05, 0.1) is 0 Å². The van der Waals surface area contributed by atoms with Crippen LogP contribution in [0.3, 0.4) is 0 Å². The van der Waals surface area contributed by atoms with E-state index < -0.39 is 12.0 Å². The Labute approximate surface area is 77.2 Å². The Balaban J connectivity index is 3.69. The van der Waals surface area contributed by atoms with Crippen LogP contribution in [0.4, 0.5) is 0 Å². The number of hydrogen-bond donors (Lipinski definition) is 2. The molecule has 0 saturated heterocycles. The van der Waals surface area contributed by atoms with Crippen molar-refractivity contribution in [3.8, 4) is 0 Å². The van der Waals surface area contributed by atoms with Gasteiger partial charge in [-0.05, 0) is 18.4 Å². The van der Waals surface area contributed by atoms with Crippen molar-refractivity contribution >= 4 is 17.7 Å². The van der Waals surface area contributed by atoms with Crippen LogP contribution in [0.5, 0.6) is 0 Å². The van der Waals surface area contributed by atoms with Gasteiger partial charge in [0.2, 0.25) is 0 Å². The molecule has 0 aromatic rings. The zero-order chi connectivity index (χ0) is 9.40. The van der Waals surface area contributed by atoms with Gasteiger partial charge in [0, 0.05) is 6.54 Å². The summed E-state index contributed by atoms with van der Waals surface area (Å²) in [6.45, 7) is 4.06. The van der Waals surface area contributed by atoms with Crippen LogP contribution >= 0.6 is 11.8 Å². The Hall–Kier alpha value is -0.480. The average molecular weight is 189 g/mol. The first-order chi connectivity index (χ1) is 5.72. The lowest BCUT2D eigenvalue weighted by atomic mass is 10.2. The standard InChI is InChI=1S/C8H15NO2S/c1-3-5-9-7(8(10)11)4-6-12-2/h3,7,9H,1,4-6H2,2H3,(H,10,11). The zero-order valence-corrected chi connectivity index (χ0v) is 8.06. The van der Waals surface area contributed by atoms with Gasteiger partial charge in [-0.3, -0.25) is 4.79 Å². The number of aliphatic carboxylic acids is 1. The van der Waals surface area contributed by atoms with Crippen LogP contribution in [0.1, 0.15) is 6.42 Å². The molecule has 70 valence electrons. The molecule has 1 atom stereocenters. The molecule has 0 aliphatic rings. The summed E-state index contributed by atoms with van der Waals surface area (Å²) in [5.41, 5.74) is 0. The maximum atomic E-state index is 10.6. The summed E-state index contributed by atoms with van der Waals surface area (Å²) in [5, 5.41) is 11.6. The van der Waals surface area contributed by atoms with Crippen molar-refractivity contribution in [3.63, 3.8) is 0 Å². The minimum Gasteiger partial charge on any atom is -0.480 e. The number of hydrogen-bond acceptors (Lipinski definition) is 3. The van der Waals surface area contributed by atoms with Crippen molar-refractivity contribution in [1.29, 1.82) is 0 Å². The summed E-state index contributed by atoms with van der Waals surface area (Å²) < 4.78 is 0. The second kappa shape index (κ2) is 7.18. The Morgan fingerprint density at radius 1 is 1.83 bits per heavy atom. The number of rotatable bonds is 7. The Morgan fingerprint density at radius 2 is 2.50 bits per heavy atom. The van der Waals surface area contributed by atoms with Crippen molar-refractivity contribution < 1.29 is 9.90 Å². The zero-order valence-electron chi connectivity index (χ0n) is 7.25. The van der Waals surface area contributed by atoms with E-state index in [9.17, 15) is 4.79 Å². The predicted molar refractivity (Wildman–Crippen MR) is 52.6 cm³/mol.